The number of hydrogen-bond acceptors (Lipinski definition) is 6. The monoisotopic (exact) mass is 686 g/mol. The van der Waals surface area contributed by atoms with E-state index in [1.807, 2.05) is 27.3 Å². The molecule has 51 heavy (non-hydrogen) atoms. The van der Waals surface area contributed by atoms with E-state index in [9.17, 15) is 19.8 Å². The molecular formula is C43H50N4O4. The predicted molar refractivity (Wildman–Crippen MR) is 203 cm³/mol. The fourth-order valence-electron chi connectivity index (χ4n) is 7.50. The number of pyridine rings is 2. The van der Waals surface area contributed by atoms with Crippen LogP contribution >= 0.6 is 0 Å². The van der Waals surface area contributed by atoms with Gasteiger partial charge in [-0.05, 0) is 46.6 Å². The summed E-state index contributed by atoms with van der Waals surface area (Å²) in [6, 6.07) is 31.2. The van der Waals surface area contributed by atoms with Crippen molar-refractivity contribution in [2.45, 2.75) is 78.8 Å². The minimum absolute atomic E-state index is 0.0147. The molecular weight excluding hydrogens is 636 g/mol. The number of aromatic nitrogens is 2. The van der Waals surface area contributed by atoms with Gasteiger partial charge in [0.05, 0.1) is 24.5 Å². The summed E-state index contributed by atoms with van der Waals surface area (Å²) in [4.78, 5) is 28.9. The second kappa shape index (κ2) is 16.0. The zero-order valence-electron chi connectivity index (χ0n) is 30.2. The Morgan fingerprint density at radius 1 is 0.608 bits per heavy atom. The Bertz CT molecular complexity index is 2030. The van der Waals surface area contributed by atoms with Crippen LogP contribution in [0.5, 0.6) is 11.5 Å². The summed E-state index contributed by atoms with van der Waals surface area (Å²) in [5.74, 6) is 0.0365. The van der Waals surface area contributed by atoms with Gasteiger partial charge in [-0.3, -0.25) is 19.4 Å². The van der Waals surface area contributed by atoms with Crippen molar-refractivity contribution in [3.63, 3.8) is 0 Å². The lowest BCUT2D eigenvalue weighted by molar-refractivity contribution is 0.110. The number of benzene rings is 3. The van der Waals surface area contributed by atoms with Gasteiger partial charge in [0.1, 0.15) is 0 Å². The van der Waals surface area contributed by atoms with Crippen molar-refractivity contribution in [1.82, 2.24) is 18.9 Å². The van der Waals surface area contributed by atoms with Crippen LogP contribution in [0.3, 0.4) is 0 Å². The van der Waals surface area contributed by atoms with Gasteiger partial charge < -0.3 is 19.3 Å². The van der Waals surface area contributed by atoms with Crippen molar-refractivity contribution in [3.05, 3.63) is 163 Å². The molecule has 0 saturated heterocycles. The van der Waals surface area contributed by atoms with E-state index in [1.165, 1.54) is 22.3 Å². The number of aryl methyl sites for hydroxylation is 2. The summed E-state index contributed by atoms with van der Waals surface area (Å²) in [5.41, 5.74) is 7.73. The maximum atomic E-state index is 12.1. The van der Waals surface area contributed by atoms with Gasteiger partial charge in [0.15, 0.2) is 11.5 Å². The van der Waals surface area contributed by atoms with E-state index in [2.05, 4.69) is 98.2 Å². The molecule has 2 N–H and O–H groups in total. The lowest BCUT2D eigenvalue weighted by atomic mass is 9.95. The summed E-state index contributed by atoms with van der Waals surface area (Å²) in [6.45, 7) is 13.7. The molecule has 2 aliphatic heterocycles. The number of fused-ring (bicyclic) bond motifs is 2. The van der Waals surface area contributed by atoms with E-state index in [1.54, 1.807) is 24.5 Å². The number of hydrogen-bond donors (Lipinski definition) is 2. The van der Waals surface area contributed by atoms with Gasteiger partial charge in [-0.25, -0.2) is 0 Å². The fraction of sp³-hybridized carbons (Fsp3) is 0.349. The lowest BCUT2D eigenvalue weighted by Gasteiger charge is -2.40. The van der Waals surface area contributed by atoms with E-state index in [-0.39, 0.29) is 34.4 Å². The molecule has 2 atom stereocenters. The van der Waals surface area contributed by atoms with Gasteiger partial charge >= 0.3 is 0 Å². The van der Waals surface area contributed by atoms with Crippen LogP contribution in [0.15, 0.2) is 113 Å². The Balaban J connectivity index is 0.000000177. The quantitative estimate of drug-likeness (QED) is 0.182. The highest BCUT2D eigenvalue weighted by atomic mass is 16.3. The molecule has 2 aliphatic rings. The molecule has 3 aromatic carbocycles. The predicted octanol–water partition coefficient (Wildman–Crippen LogP) is 7.05. The first kappa shape index (κ1) is 35.9. The Hall–Kier alpha value is -4.92. The molecule has 4 heterocycles. The molecule has 0 fully saturated rings. The minimum atomic E-state index is -0.323. The summed E-state index contributed by atoms with van der Waals surface area (Å²) in [5, 5.41) is 19.5. The van der Waals surface area contributed by atoms with Gasteiger partial charge in [0, 0.05) is 62.8 Å². The summed E-state index contributed by atoms with van der Waals surface area (Å²) in [6.07, 6.45) is 5.25. The normalized spacial score (nSPS) is 17.4. The minimum Gasteiger partial charge on any atom is -0.503 e. The molecule has 8 heteroatoms. The highest BCUT2D eigenvalue weighted by Crippen LogP contribution is 2.34. The van der Waals surface area contributed by atoms with E-state index in [0.717, 1.165) is 69.1 Å². The number of nitrogens with zero attached hydrogens (tertiary/aromatic N) is 4. The van der Waals surface area contributed by atoms with Gasteiger partial charge in [0.2, 0.25) is 10.9 Å². The van der Waals surface area contributed by atoms with E-state index >= 15 is 0 Å². The largest absolute Gasteiger partial charge is 0.503 e. The van der Waals surface area contributed by atoms with Crippen LogP contribution in [-0.4, -0.2) is 42.2 Å². The SMILES string of the molecule is CCc1ccc(CN2CCn3cc(O)c(=O)cc3C2C(C)C)cc1.CCc1ccc(CN2CCn3cc(O)c(=O)cc3[C@@H]2c2ccccc2)cc1. The third kappa shape index (κ3) is 8.19. The van der Waals surface area contributed by atoms with Crippen LogP contribution < -0.4 is 10.9 Å². The molecule has 0 spiro atoms. The number of aromatic hydroxyl groups is 2. The Morgan fingerprint density at radius 2 is 1.06 bits per heavy atom. The second-order valence-corrected chi connectivity index (χ2v) is 14.1. The average molecular weight is 687 g/mol. The van der Waals surface area contributed by atoms with Gasteiger partial charge in [0.25, 0.3) is 0 Å². The molecule has 0 saturated carbocycles. The summed E-state index contributed by atoms with van der Waals surface area (Å²) in [7, 11) is 0. The Kier molecular flexibility index (Phi) is 11.2. The van der Waals surface area contributed by atoms with Crippen molar-refractivity contribution in [3.8, 4) is 11.5 Å². The second-order valence-electron chi connectivity index (χ2n) is 14.1. The van der Waals surface area contributed by atoms with Crippen LogP contribution in [0.25, 0.3) is 0 Å². The smallest absolute Gasteiger partial charge is 0.223 e. The molecule has 5 aromatic rings. The molecule has 0 radical (unpaired) electrons. The Morgan fingerprint density at radius 3 is 1.57 bits per heavy atom. The highest BCUT2D eigenvalue weighted by Gasteiger charge is 2.31. The first-order valence-corrected chi connectivity index (χ1v) is 18.2. The third-order valence-corrected chi connectivity index (χ3v) is 10.3. The van der Waals surface area contributed by atoms with Crippen molar-refractivity contribution in [2.24, 2.45) is 5.92 Å². The third-order valence-electron chi connectivity index (χ3n) is 10.3. The van der Waals surface area contributed by atoms with Gasteiger partial charge in [-0.2, -0.15) is 0 Å². The van der Waals surface area contributed by atoms with E-state index in [0.29, 0.717) is 5.92 Å². The summed E-state index contributed by atoms with van der Waals surface area (Å²) >= 11 is 0. The Labute approximate surface area is 300 Å². The van der Waals surface area contributed by atoms with Gasteiger partial charge in [-0.15, -0.1) is 0 Å². The molecule has 0 amide bonds. The summed E-state index contributed by atoms with van der Waals surface area (Å²) < 4.78 is 4.03. The van der Waals surface area contributed by atoms with Crippen molar-refractivity contribution < 1.29 is 10.2 Å². The van der Waals surface area contributed by atoms with Crippen molar-refractivity contribution >= 4 is 0 Å². The zero-order chi connectivity index (χ0) is 36.1. The molecule has 0 aliphatic carbocycles. The maximum absolute atomic E-state index is 12.1. The molecule has 7 rings (SSSR count). The van der Waals surface area contributed by atoms with Crippen LogP contribution in [0.1, 0.15) is 79.0 Å². The van der Waals surface area contributed by atoms with E-state index < -0.39 is 0 Å². The zero-order valence-corrected chi connectivity index (χ0v) is 30.2. The lowest BCUT2D eigenvalue weighted by Crippen LogP contribution is -2.41. The maximum Gasteiger partial charge on any atom is 0.223 e. The van der Waals surface area contributed by atoms with Crippen LogP contribution in [0, 0.1) is 5.92 Å². The topological polar surface area (TPSA) is 90.9 Å². The fourth-order valence-corrected chi connectivity index (χ4v) is 7.50. The molecule has 2 aromatic heterocycles. The van der Waals surface area contributed by atoms with Crippen molar-refractivity contribution in [1.29, 1.82) is 0 Å². The molecule has 266 valence electrons. The average Bonchev–Trinajstić information content (AvgIpc) is 3.14. The van der Waals surface area contributed by atoms with Crippen LogP contribution in [0.4, 0.5) is 0 Å². The van der Waals surface area contributed by atoms with E-state index in [4.69, 9.17) is 0 Å². The first-order valence-electron chi connectivity index (χ1n) is 18.2. The first-order chi connectivity index (χ1) is 24.6. The molecule has 1 unspecified atom stereocenters. The van der Waals surface area contributed by atoms with Crippen molar-refractivity contribution in [2.75, 3.05) is 13.1 Å². The van der Waals surface area contributed by atoms with Crippen LogP contribution in [-0.2, 0) is 39.0 Å². The highest BCUT2D eigenvalue weighted by molar-refractivity contribution is 5.33. The van der Waals surface area contributed by atoms with Crippen LogP contribution in [0.2, 0.25) is 0 Å². The standard InChI is InChI=1S/C23H24N2O2.C20H26N2O2/c1-2-17-8-10-18(11-9-17)15-25-13-12-24-16-22(27)21(26)14-20(24)23(25)19-6-4-3-5-7-19;1-4-15-5-7-16(8-6-15)12-22-10-9-21-13-19(24)18(23)11-17(21)20(22)14(2)3/h3-11,14,16,23,27H,2,12-13,15H2,1H3;5-8,11,13-14,20,24H,4,9-10,12H2,1-3H3/t23-;/m0./s1. The molecule has 0 bridgehead atoms. The number of rotatable bonds is 8. The molecule has 8 nitrogen and oxygen atoms in total. The van der Waals surface area contributed by atoms with Gasteiger partial charge in [-0.1, -0.05) is 107 Å².